The number of rotatable bonds is 8. The summed E-state index contributed by atoms with van der Waals surface area (Å²) in [6.07, 6.45) is 0.332. The number of benzene rings is 3. The minimum Gasteiger partial charge on any atom is -0.489 e. The lowest BCUT2D eigenvalue weighted by atomic mass is 9.95. The largest absolute Gasteiger partial charge is 0.489 e. The number of ether oxygens (including phenoxy) is 1. The van der Waals surface area contributed by atoms with Crippen molar-refractivity contribution in [2.75, 3.05) is 0 Å². The Bertz CT molecular complexity index is 1480. The smallest absolute Gasteiger partial charge is 0.336 e. The minimum atomic E-state index is -1.17. The van der Waals surface area contributed by atoms with E-state index in [0.717, 1.165) is 39.3 Å². The summed E-state index contributed by atoms with van der Waals surface area (Å²) in [6.45, 7) is 4.19. The Hall–Kier alpha value is -4.10. The predicted molar refractivity (Wildman–Crippen MR) is 137 cm³/mol. The van der Waals surface area contributed by atoms with Crippen molar-refractivity contribution in [3.8, 4) is 17.0 Å². The van der Waals surface area contributed by atoms with Crippen molar-refractivity contribution in [2.24, 2.45) is 7.05 Å². The first-order valence-corrected chi connectivity index (χ1v) is 11.6. The number of carboxylic acids is 2. The quantitative estimate of drug-likeness (QED) is 0.308. The topological polar surface area (TPSA) is 102 Å². The van der Waals surface area contributed by atoms with Crippen molar-refractivity contribution >= 4 is 23.5 Å². The Morgan fingerprint density at radius 2 is 1.67 bits per heavy atom. The van der Waals surface area contributed by atoms with Crippen molar-refractivity contribution in [1.29, 1.82) is 0 Å². The van der Waals surface area contributed by atoms with Gasteiger partial charge in [0.25, 0.3) is 0 Å². The van der Waals surface area contributed by atoms with Gasteiger partial charge in [0, 0.05) is 18.2 Å². The Morgan fingerprint density at radius 1 is 0.944 bits per heavy atom. The highest BCUT2D eigenvalue weighted by atomic mass is 35.5. The first kappa shape index (κ1) is 25.0. The average Bonchev–Trinajstić information content (AvgIpc) is 3.11. The van der Waals surface area contributed by atoms with Gasteiger partial charge in [0.15, 0.2) is 0 Å². The van der Waals surface area contributed by atoms with Gasteiger partial charge in [0.2, 0.25) is 0 Å². The highest BCUT2D eigenvalue weighted by molar-refractivity contribution is 6.30. The molecule has 1 aromatic heterocycles. The number of nitrogens with zero attached hydrogens (tertiary/aromatic N) is 2. The number of carboxylic acid groups (broad SMARTS) is 2. The van der Waals surface area contributed by atoms with Crippen molar-refractivity contribution < 1.29 is 24.5 Å². The molecule has 0 atom stereocenters. The van der Waals surface area contributed by atoms with Gasteiger partial charge < -0.3 is 14.9 Å². The van der Waals surface area contributed by atoms with Gasteiger partial charge >= 0.3 is 11.9 Å². The third kappa shape index (κ3) is 5.11. The van der Waals surface area contributed by atoms with Crippen LogP contribution in [0, 0.1) is 13.8 Å². The molecule has 0 radical (unpaired) electrons. The Morgan fingerprint density at radius 3 is 2.28 bits per heavy atom. The zero-order valence-electron chi connectivity index (χ0n) is 20.1. The van der Waals surface area contributed by atoms with Crippen LogP contribution in [0.5, 0.6) is 5.75 Å². The second-order valence-electron chi connectivity index (χ2n) is 8.58. The van der Waals surface area contributed by atoms with Crippen LogP contribution in [0.15, 0.2) is 60.7 Å². The summed E-state index contributed by atoms with van der Waals surface area (Å²) in [5.74, 6) is -1.60. The number of aromatic carboxylic acids is 2. The van der Waals surface area contributed by atoms with Crippen LogP contribution in [0.25, 0.3) is 11.3 Å². The molecule has 184 valence electrons. The van der Waals surface area contributed by atoms with Gasteiger partial charge in [0.1, 0.15) is 17.5 Å². The molecule has 0 saturated carbocycles. The fraction of sp³-hybridized carbons (Fsp3) is 0.179. The molecule has 0 aliphatic carbocycles. The van der Waals surface area contributed by atoms with Crippen LogP contribution in [0.4, 0.5) is 0 Å². The van der Waals surface area contributed by atoms with Crippen LogP contribution in [0.1, 0.15) is 48.5 Å². The molecule has 2 N–H and O–H groups in total. The van der Waals surface area contributed by atoms with Gasteiger partial charge in [-0.25, -0.2) is 9.59 Å². The maximum absolute atomic E-state index is 11.8. The monoisotopic (exact) mass is 504 g/mol. The molecule has 0 aliphatic heterocycles. The number of aryl methyl sites for hydroxylation is 2. The summed E-state index contributed by atoms with van der Waals surface area (Å²) in [5.41, 5.74) is 5.89. The van der Waals surface area contributed by atoms with Crippen molar-refractivity contribution in [2.45, 2.75) is 26.9 Å². The van der Waals surface area contributed by atoms with Gasteiger partial charge in [-0.3, -0.25) is 4.68 Å². The lowest BCUT2D eigenvalue weighted by Crippen LogP contribution is -2.08. The molecule has 1 heterocycles. The summed E-state index contributed by atoms with van der Waals surface area (Å²) in [6, 6.07) is 17.7. The van der Waals surface area contributed by atoms with Crippen molar-refractivity contribution in [3.05, 3.63) is 105 Å². The molecule has 0 spiro atoms. The first-order valence-electron chi connectivity index (χ1n) is 11.2. The Labute approximate surface area is 213 Å². The summed E-state index contributed by atoms with van der Waals surface area (Å²) >= 11 is 6.28. The van der Waals surface area contributed by atoms with Gasteiger partial charge in [-0.05, 0) is 72.9 Å². The number of hydrogen-bond donors (Lipinski definition) is 2. The molecule has 0 unspecified atom stereocenters. The highest BCUT2D eigenvalue weighted by Crippen LogP contribution is 2.31. The minimum absolute atomic E-state index is 0.0260. The highest BCUT2D eigenvalue weighted by Gasteiger charge is 2.16. The average molecular weight is 505 g/mol. The standard InChI is InChI=1S/C28H25ClN2O5/c1-16-12-20(25-17(2)26(29)31(3)30-25)10-11-24(16)36-15-22-7-5-4-6-18(22)13-19-8-9-21(27(32)33)14-23(19)28(34)35/h4-12,14H,13,15H2,1-3H3,(H,32,33)(H,34,35). The van der Waals surface area contributed by atoms with E-state index in [1.807, 2.05) is 56.3 Å². The van der Waals surface area contributed by atoms with Crippen LogP contribution in [-0.2, 0) is 20.1 Å². The third-order valence-electron chi connectivity index (χ3n) is 6.12. The second-order valence-corrected chi connectivity index (χ2v) is 8.94. The number of carbonyl (C=O) groups is 2. The molecule has 4 rings (SSSR count). The number of halogens is 1. The molecule has 0 saturated heterocycles. The molecule has 0 bridgehead atoms. The lowest BCUT2D eigenvalue weighted by Gasteiger charge is -2.14. The zero-order valence-corrected chi connectivity index (χ0v) is 20.8. The van der Waals surface area contributed by atoms with E-state index in [1.165, 1.54) is 12.1 Å². The van der Waals surface area contributed by atoms with Crippen molar-refractivity contribution in [3.63, 3.8) is 0 Å². The number of hydrogen-bond acceptors (Lipinski definition) is 4. The van der Waals surface area contributed by atoms with E-state index in [1.54, 1.807) is 17.8 Å². The Kier molecular flexibility index (Phi) is 7.12. The van der Waals surface area contributed by atoms with E-state index < -0.39 is 11.9 Å². The molecular weight excluding hydrogens is 480 g/mol. The molecule has 0 fully saturated rings. The Balaban J connectivity index is 1.55. The van der Waals surface area contributed by atoms with E-state index in [0.29, 0.717) is 23.7 Å². The molecule has 8 heteroatoms. The van der Waals surface area contributed by atoms with Gasteiger partial charge in [-0.2, -0.15) is 5.10 Å². The molecule has 3 aromatic carbocycles. The molecular formula is C28H25ClN2O5. The van der Waals surface area contributed by atoms with E-state index in [-0.39, 0.29) is 11.1 Å². The predicted octanol–water partition coefficient (Wildman–Crippen LogP) is 5.92. The summed E-state index contributed by atoms with van der Waals surface area (Å²) in [4.78, 5) is 23.0. The third-order valence-corrected chi connectivity index (χ3v) is 6.64. The summed E-state index contributed by atoms with van der Waals surface area (Å²) in [5, 5.41) is 23.9. The normalized spacial score (nSPS) is 10.9. The molecule has 36 heavy (non-hydrogen) atoms. The summed E-state index contributed by atoms with van der Waals surface area (Å²) < 4.78 is 7.78. The van der Waals surface area contributed by atoms with Crippen LogP contribution < -0.4 is 4.74 Å². The van der Waals surface area contributed by atoms with Crippen LogP contribution in [0.3, 0.4) is 0 Å². The molecule has 0 amide bonds. The van der Waals surface area contributed by atoms with E-state index >= 15 is 0 Å². The molecule has 4 aromatic rings. The maximum Gasteiger partial charge on any atom is 0.336 e. The van der Waals surface area contributed by atoms with E-state index in [2.05, 4.69) is 5.10 Å². The van der Waals surface area contributed by atoms with Gasteiger partial charge in [-0.1, -0.05) is 41.9 Å². The first-order chi connectivity index (χ1) is 17.2. The van der Waals surface area contributed by atoms with Crippen LogP contribution >= 0.6 is 11.6 Å². The van der Waals surface area contributed by atoms with Gasteiger partial charge in [-0.15, -0.1) is 0 Å². The zero-order chi connectivity index (χ0) is 26.0. The summed E-state index contributed by atoms with van der Waals surface area (Å²) in [7, 11) is 1.81. The maximum atomic E-state index is 11.8. The van der Waals surface area contributed by atoms with Crippen LogP contribution in [0.2, 0.25) is 5.15 Å². The molecule has 7 nitrogen and oxygen atoms in total. The van der Waals surface area contributed by atoms with Gasteiger partial charge in [0.05, 0.1) is 16.8 Å². The van der Waals surface area contributed by atoms with Crippen LogP contribution in [-0.4, -0.2) is 31.9 Å². The van der Waals surface area contributed by atoms with E-state index in [9.17, 15) is 19.8 Å². The van der Waals surface area contributed by atoms with E-state index in [4.69, 9.17) is 16.3 Å². The fourth-order valence-corrected chi connectivity index (χ4v) is 4.26. The number of aromatic nitrogens is 2. The van der Waals surface area contributed by atoms with Crippen molar-refractivity contribution in [1.82, 2.24) is 9.78 Å². The fourth-order valence-electron chi connectivity index (χ4n) is 4.14. The second kappa shape index (κ2) is 10.3. The molecule has 0 aliphatic rings. The lowest BCUT2D eigenvalue weighted by molar-refractivity contribution is 0.0695. The SMILES string of the molecule is Cc1cc(-c2nn(C)c(Cl)c2C)ccc1OCc1ccccc1Cc1ccc(C(=O)O)cc1C(=O)O.